The zero-order valence-electron chi connectivity index (χ0n) is 15.7. The number of hydrogen-bond donors (Lipinski definition) is 0. The topological polar surface area (TPSA) is 57.0 Å². The summed E-state index contributed by atoms with van der Waals surface area (Å²) in [5, 5.41) is 4.33. The fourth-order valence-electron chi connectivity index (χ4n) is 2.89. The monoisotopic (exact) mass is 487 g/mol. The fourth-order valence-corrected chi connectivity index (χ4v) is 5.10. The molecule has 4 rings (SSSR count). The summed E-state index contributed by atoms with van der Waals surface area (Å²) in [6.45, 7) is 0.906. The predicted molar refractivity (Wildman–Crippen MR) is 123 cm³/mol. The summed E-state index contributed by atoms with van der Waals surface area (Å²) < 4.78 is 7.74. The van der Waals surface area contributed by atoms with Gasteiger partial charge in [0, 0.05) is 28.3 Å². The third-order valence-electron chi connectivity index (χ3n) is 4.32. The Hall–Kier alpha value is -2.00. The zero-order valence-corrected chi connectivity index (χ0v) is 18.9. The first kappa shape index (κ1) is 20.3. The molecule has 148 valence electrons. The van der Waals surface area contributed by atoms with Gasteiger partial charge in [-0.05, 0) is 18.2 Å². The Kier molecular flexibility index (Phi) is 6.44. The molecule has 5 nitrogen and oxygen atoms in total. The van der Waals surface area contributed by atoms with E-state index in [4.69, 9.17) is 14.7 Å². The number of aromatic nitrogens is 3. The molecule has 29 heavy (non-hydrogen) atoms. The van der Waals surface area contributed by atoms with E-state index in [2.05, 4.69) is 33.4 Å². The number of ether oxygens (including phenoxy) is 1. The summed E-state index contributed by atoms with van der Waals surface area (Å²) in [7, 11) is 1.63. The molecule has 8 heteroatoms. The summed E-state index contributed by atoms with van der Waals surface area (Å²) in [6.07, 6.45) is 0. The smallest absolute Gasteiger partial charge is 0.262 e. The maximum absolute atomic E-state index is 13.0. The van der Waals surface area contributed by atoms with Crippen molar-refractivity contribution in [2.24, 2.45) is 0 Å². The van der Waals surface area contributed by atoms with Gasteiger partial charge in [-0.3, -0.25) is 9.36 Å². The molecule has 0 radical (unpaired) electrons. The number of thiazole rings is 1. The van der Waals surface area contributed by atoms with Crippen molar-refractivity contribution in [1.29, 1.82) is 0 Å². The van der Waals surface area contributed by atoms with Crippen LogP contribution in [0.15, 0.2) is 68.3 Å². The molecule has 2 aromatic heterocycles. The molecule has 0 aliphatic carbocycles. The predicted octanol–water partition coefficient (Wildman–Crippen LogP) is 5.22. The molecule has 4 aromatic rings. The Morgan fingerprint density at radius 2 is 2.00 bits per heavy atom. The van der Waals surface area contributed by atoms with Crippen LogP contribution < -0.4 is 5.56 Å². The van der Waals surface area contributed by atoms with Crippen LogP contribution in [0.25, 0.3) is 21.5 Å². The number of benzene rings is 2. The molecule has 0 unspecified atom stereocenters. The number of methoxy groups -OCH3 is 1. The molecule has 0 spiro atoms. The van der Waals surface area contributed by atoms with Crippen molar-refractivity contribution in [3.05, 3.63) is 74.4 Å². The van der Waals surface area contributed by atoms with E-state index >= 15 is 0 Å². The lowest BCUT2D eigenvalue weighted by molar-refractivity contribution is 0.183. The molecule has 2 aromatic carbocycles. The van der Waals surface area contributed by atoms with E-state index in [1.807, 2.05) is 36.4 Å². The van der Waals surface area contributed by atoms with Crippen LogP contribution in [0.4, 0.5) is 0 Å². The average Bonchev–Trinajstić information content (AvgIpc) is 3.22. The molecule has 0 saturated heterocycles. The summed E-state index contributed by atoms with van der Waals surface area (Å²) in [6, 6.07) is 15.7. The minimum absolute atomic E-state index is 0.0564. The summed E-state index contributed by atoms with van der Waals surface area (Å²) in [4.78, 5) is 22.5. The van der Waals surface area contributed by atoms with Crippen LogP contribution >= 0.6 is 39.0 Å². The van der Waals surface area contributed by atoms with Gasteiger partial charge in [-0.2, -0.15) is 0 Å². The first-order chi connectivity index (χ1) is 14.2. The van der Waals surface area contributed by atoms with Gasteiger partial charge in [0.15, 0.2) is 5.16 Å². The van der Waals surface area contributed by atoms with Crippen molar-refractivity contribution in [3.8, 4) is 10.6 Å². The van der Waals surface area contributed by atoms with Crippen LogP contribution in [0.5, 0.6) is 0 Å². The second-order valence-electron chi connectivity index (χ2n) is 6.30. The van der Waals surface area contributed by atoms with E-state index < -0.39 is 0 Å². The SMILES string of the molecule is COCCn1c(SCc2csc(-c3ccccc3)n2)nc2ccc(Br)cc2c1=O. The second kappa shape index (κ2) is 9.21. The Labute approximate surface area is 184 Å². The number of rotatable bonds is 7. The third kappa shape index (κ3) is 4.61. The summed E-state index contributed by atoms with van der Waals surface area (Å²) >= 11 is 6.58. The van der Waals surface area contributed by atoms with Gasteiger partial charge in [0.05, 0.1) is 29.7 Å². The molecule has 0 fully saturated rings. The van der Waals surface area contributed by atoms with Crippen molar-refractivity contribution >= 4 is 49.9 Å². The van der Waals surface area contributed by atoms with E-state index in [0.717, 1.165) is 20.7 Å². The highest BCUT2D eigenvalue weighted by atomic mass is 79.9. The lowest BCUT2D eigenvalue weighted by Crippen LogP contribution is -2.25. The maximum Gasteiger partial charge on any atom is 0.262 e. The van der Waals surface area contributed by atoms with Crippen molar-refractivity contribution in [2.45, 2.75) is 17.5 Å². The highest BCUT2D eigenvalue weighted by Gasteiger charge is 2.13. The molecule has 0 saturated carbocycles. The second-order valence-corrected chi connectivity index (χ2v) is 9.02. The van der Waals surface area contributed by atoms with E-state index in [9.17, 15) is 4.79 Å². The molecule has 0 amide bonds. The standard InChI is InChI=1S/C21H18BrN3O2S2/c1-27-10-9-25-20(26)17-11-15(22)7-8-18(17)24-21(25)29-13-16-12-28-19(23-16)14-5-3-2-4-6-14/h2-8,11-12H,9-10,13H2,1H3. The molecule has 0 bridgehead atoms. The van der Waals surface area contributed by atoms with E-state index in [1.54, 1.807) is 23.0 Å². The normalized spacial score (nSPS) is 11.2. The van der Waals surface area contributed by atoms with Crippen LogP contribution in [-0.4, -0.2) is 28.3 Å². The maximum atomic E-state index is 13.0. The Balaban J connectivity index is 1.62. The van der Waals surface area contributed by atoms with Crippen molar-refractivity contribution in [3.63, 3.8) is 0 Å². The lowest BCUT2D eigenvalue weighted by Gasteiger charge is -2.12. The molecule has 0 aliphatic heterocycles. The highest BCUT2D eigenvalue weighted by molar-refractivity contribution is 9.10. The zero-order chi connectivity index (χ0) is 20.2. The van der Waals surface area contributed by atoms with Gasteiger partial charge in [-0.15, -0.1) is 11.3 Å². The molecule has 0 N–H and O–H groups in total. The van der Waals surface area contributed by atoms with Crippen molar-refractivity contribution in [1.82, 2.24) is 14.5 Å². The number of halogens is 1. The van der Waals surface area contributed by atoms with Crippen LogP contribution in [0, 0.1) is 0 Å². The van der Waals surface area contributed by atoms with Gasteiger partial charge >= 0.3 is 0 Å². The van der Waals surface area contributed by atoms with Crippen LogP contribution in [0.2, 0.25) is 0 Å². The lowest BCUT2D eigenvalue weighted by atomic mass is 10.2. The minimum Gasteiger partial charge on any atom is -0.383 e. The number of hydrogen-bond acceptors (Lipinski definition) is 6. The number of thioether (sulfide) groups is 1. The fraction of sp³-hybridized carbons (Fsp3) is 0.190. The third-order valence-corrected chi connectivity index (χ3v) is 6.77. The van der Waals surface area contributed by atoms with E-state index in [0.29, 0.717) is 35.0 Å². The molecular formula is C21H18BrN3O2S2. The highest BCUT2D eigenvalue weighted by Crippen LogP contribution is 2.28. The Bertz CT molecular complexity index is 1190. The molecular weight excluding hydrogens is 470 g/mol. The Morgan fingerprint density at radius 3 is 2.79 bits per heavy atom. The van der Waals surface area contributed by atoms with E-state index in [1.165, 1.54) is 11.8 Å². The largest absolute Gasteiger partial charge is 0.383 e. The summed E-state index contributed by atoms with van der Waals surface area (Å²) in [5.74, 6) is 0.644. The van der Waals surface area contributed by atoms with Crippen LogP contribution in [0.3, 0.4) is 0 Å². The quantitative estimate of drug-likeness (QED) is 0.264. The van der Waals surface area contributed by atoms with Crippen LogP contribution in [0.1, 0.15) is 5.69 Å². The first-order valence-electron chi connectivity index (χ1n) is 8.97. The minimum atomic E-state index is -0.0564. The molecule has 2 heterocycles. The van der Waals surface area contributed by atoms with Gasteiger partial charge < -0.3 is 4.74 Å². The van der Waals surface area contributed by atoms with Gasteiger partial charge in [0.1, 0.15) is 5.01 Å². The number of fused-ring (bicyclic) bond motifs is 1. The molecule has 0 aliphatic rings. The van der Waals surface area contributed by atoms with Gasteiger partial charge in [-0.25, -0.2) is 9.97 Å². The van der Waals surface area contributed by atoms with Gasteiger partial charge in [-0.1, -0.05) is 58.0 Å². The summed E-state index contributed by atoms with van der Waals surface area (Å²) in [5.41, 5.74) is 2.72. The van der Waals surface area contributed by atoms with Gasteiger partial charge in [0.2, 0.25) is 0 Å². The first-order valence-corrected chi connectivity index (χ1v) is 11.6. The van der Waals surface area contributed by atoms with Gasteiger partial charge in [0.25, 0.3) is 5.56 Å². The van der Waals surface area contributed by atoms with Crippen LogP contribution in [-0.2, 0) is 17.0 Å². The van der Waals surface area contributed by atoms with E-state index in [-0.39, 0.29) is 5.56 Å². The Morgan fingerprint density at radius 1 is 1.17 bits per heavy atom. The number of nitrogens with zero attached hydrogens (tertiary/aromatic N) is 3. The average molecular weight is 488 g/mol. The molecule has 0 atom stereocenters. The van der Waals surface area contributed by atoms with Crippen molar-refractivity contribution < 1.29 is 4.74 Å². The van der Waals surface area contributed by atoms with Crippen molar-refractivity contribution in [2.75, 3.05) is 13.7 Å².